The van der Waals surface area contributed by atoms with E-state index in [-0.39, 0.29) is 0 Å². The molecule has 20 heavy (non-hydrogen) atoms. The fourth-order valence-corrected chi connectivity index (χ4v) is 3.18. The lowest BCUT2D eigenvalue weighted by atomic mass is 10.0. The topological polar surface area (TPSA) is 43.8 Å². The Kier molecular flexibility index (Phi) is 5.15. The maximum Gasteiger partial charge on any atom is 0.325 e. The zero-order valence-corrected chi connectivity index (χ0v) is 12.3. The van der Waals surface area contributed by atoms with Crippen LogP contribution in [0.4, 0.5) is 0 Å². The Labute approximate surface area is 121 Å². The van der Waals surface area contributed by atoms with Gasteiger partial charge < -0.3 is 5.11 Å². The predicted octanol–water partition coefficient (Wildman–Crippen LogP) is 2.23. The van der Waals surface area contributed by atoms with Crippen LogP contribution in [0.3, 0.4) is 0 Å². The van der Waals surface area contributed by atoms with Gasteiger partial charge in [0.1, 0.15) is 6.04 Å². The predicted molar refractivity (Wildman–Crippen MR) is 79.7 cm³/mol. The van der Waals surface area contributed by atoms with Gasteiger partial charge >= 0.3 is 5.97 Å². The van der Waals surface area contributed by atoms with Gasteiger partial charge in [0.2, 0.25) is 0 Å². The summed E-state index contributed by atoms with van der Waals surface area (Å²) in [7, 11) is 1.91. The summed E-state index contributed by atoms with van der Waals surface area (Å²) in [5, 5.41) is 9.54. The molecule has 0 aromatic heterocycles. The van der Waals surface area contributed by atoms with Crippen molar-refractivity contribution in [3.8, 4) is 0 Å². The van der Waals surface area contributed by atoms with Gasteiger partial charge in [-0.15, -0.1) is 0 Å². The van der Waals surface area contributed by atoms with Gasteiger partial charge in [0, 0.05) is 12.6 Å². The van der Waals surface area contributed by atoms with Crippen LogP contribution >= 0.6 is 0 Å². The quantitative estimate of drug-likeness (QED) is 0.865. The normalized spacial score (nSPS) is 21.2. The highest BCUT2D eigenvalue weighted by atomic mass is 16.4. The minimum absolute atomic E-state index is 0.482. The van der Waals surface area contributed by atoms with Gasteiger partial charge in [-0.05, 0) is 38.5 Å². The first-order valence-electron chi connectivity index (χ1n) is 7.35. The first-order chi connectivity index (χ1) is 9.63. The lowest BCUT2D eigenvalue weighted by Gasteiger charge is -2.31. The highest BCUT2D eigenvalue weighted by Gasteiger charge is 2.30. The molecule has 4 nitrogen and oxygen atoms in total. The third kappa shape index (κ3) is 3.38. The molecule has 0 amide bonds. The van der Waals surface area contributed by atoms with E-state index in [1.165, 1.54) is 12.8 Å². The van der Waals surface area contributed by atoms with Crippen molar-refractivity contribution in [3.05, 3.63) is 35.9 Å². The Morgan fingerprint density at radius 3 is 2.75 bits per heavy atom. The van der Waals surface area contributed by atoms with Gasteiger partial charge in [-0.3, -0.25) is 14.6 Å². The van der Waals surface area contributed by atoms with Crippen LogP contribution in [-0.2, 0) is 4.79 Å². The molecule has 1 fully saturated rings. The van der Waals surface area contributed by atoms with Crippen LogP contribution in [0.25, 0.3) is 0 Å². The van der Waals surface area contributed by atoms with Crippen molar-refractivity contribution in [2.75, 3.05) is 26.7 Å². The number of likely N-dealkylation sites (N-methyl/N-ethyl adjacent to an activating group) is 2. The second-order valence-electron chi connectivity index (χ2n) is 5.52. The van der Waals surface area contributed by atoms with Gasteiger partial charge in [-0.2, -0.15) is 0 Å². The molecule has 1 aliphatic heterocycles. The van der Waals surface area contributed by atoms with Crippen molar-refractivity contribution >= 4 is 5.97 Å². The van der Waals surface area contributed by atoms with Crippen molar-refractivity contribution in [2.24, 2.45) is 0 Å². The molecule has 0 radical (unpaired) electrons. The third-order valence-corrected chi connectivity index (χ3v) is 4.19. The molecule has 0 aliphatic carbocycles. The summed E-state index contributed by atoms with van der Waals surface area (Å²) < 4.78 is 0. The molecule has 4 heteroatoms. The molecule has 0 bridgehead atoms. The van der Waals surface area contributed by atoms with E-state index in [1.807, 2.05) is 42.3 Å². The molecule has 2 unspecified atom stereocenters. The molecule has 0 saturated carbocycles. The molecule has 0 spiro atoms. The molecule has 2 atom stereocenters. The summed E-state index contributed by atoms with van der Waals surface area (Å²) in [5.41, 5.74) is 0.851. The van der Waals surface area contributed by atoms with Crippen LogP contribution in [0.2, 0.25) is 0 Å². The van der Waals surface area contributed by atoms with Crippen molar-refractivity contribution in [3.63, 3.8) is 0 Å². The third-order valence-electron chi connectivity index (χ3n) is 4.19. The number of nitrogens with zero attached hydrogens (tertiary/aromatic N) is 2. The van der Waals surface area contributed by atoms with Crippen LogP contribution in [-0.4, -0.2) is 53.6 Å². The Morgan fingerprint density at radius 1 is 1.45 bits per heavy atom. The van der Waals surface area contributed by atoms with Crippen LogP contribution in [0, 0.1) is 0 Å². The van der Waals surface area contributed by atoms with E-state index in [0.717, 1.165) is 25.2 Å². The smallest absolute Gasteiger partial charge is 0.325 e. The monoisotopic (exact) mass is 276 g/mol. The fourth-order valence-electron chi connectivity index (χ4n) is 3.18. The number of likely N-dealkylation sites (tertiary alicyclic amines) is 1. The number of rotatable bonds is 6. The number of benzene rings is 1. The van der Waals surface area contributed by atoms with Gasteiger partial charge in [-0.25, -0.2) is 0 Å². The summed E-state index contributed by atoms with van der Waals surface area (Å²) >= 11 is 0. The Hall–Kier alpha value is -1.39. The second kappa shape index (κ2) is 6.86. The minimum Gasteiger partial charge on any atom is -0.480 e. The summed E-state index contributed by atoms with van der Waals surface area (Å²) in [5.74, 6) is -0.778. The van der Waals surface area contributed by atoms with E-state index in [4.69, 9.17) is 0 Å². The molecule has 110 valence electrons. The average molecular weight is 276 g/mol. The van der Waals surface area contributed by atoms with Gasteiger partial charge in [0.15, 0.2) is 0 Å². The first-order valence-corrected chi connectivity index (χ1v) is 7.35. The Balaban J connectivity index is 2.08. The molecular weight excluding hydrogens is 252 g/mol. The standard InChI is InChI=1S/C16H24N2O2/c1-3-18-11-7-10-14(18)12-17(2)15(16(19)20)13-8-5-4-6-9-13/h4-6,8-9,14-15H,3,7,10-12H2,1-2H3,(H,19,20). The zero-order chi connectivity index (χ0) is 14.5. The number of aliphatic carboxylic acids is 1. The zero-order valence-electron chi connectivity index (χ0n) is 12.3. The number of carboxylic acid groups (broad SMARTS) is 1. The van der Waals surface area contributed by atoms with E-state index in [2.05, 4.69) is 11.8 Å². The molecule has 1 N–H and O–H groups in total. The first kappa shape index (κ1) is 15.0. The molecular formula is C16H24N2O2. The van der Waals surface area contributed by atoms with Crippen LogP contribution in [0.1, 0.15) is 31.4 Å². The number of carboxylic acids is 1. The lowest BCUT2D eigenvalue weighted by molar-refractivity contribution is -0.143. The maximum atomic E-state index is 11.6. The van der Waals surface area contributed by atoms with E-state index in [0.29, 0.717) is 6.04 Å². The van der Waals surface area contributed by atoms with Gasteiger partial charge in [-0.1, -0.05) is 37.3 Å². The van der Waals surface area contributed by atoms with E-state index >= 15 is 0 Å². The second-order valence-corrected chi connectivity index (χ2v) is 5.52. The molecule has 1 aliphatic rings. The van der Waals surface area contributed by atoms with Crippen LogP contribution in [0.5, 0.6) is 0 Å². The molecule has 1 saturated heterocycles. The SMILES string of the molecule is CCN1CCCC1CN(C)C(C(=O)O)c1ccccc1. The summed E-state index contributed by atoms with van der Waals surface area (Å²) in [6.07, 6.45) is 2.38. The van der Waals surface area contributed by atoms with E-state index < -0.39 is 12.0 Å². The summed E-state index contributed by atoms with van der Waals surface area (Å²) in [6.45, 7) is 5.16. The Bertz CT molecular complexity index is 435. The lowest BCUT2D eigenvalue weighted by Crippen LogP contribution is -2.42. The average Bonchev–Trinajstić information content (AvgIpc) is 2.86. The summed E-state index contributed by atoms with van der Waals surface area (Å²) in [6, 6.07) is 9.41. The number of hydrogen-bond donors (Lipinski definition) is 1. The highest BCUT2D eigenvalue weighted by molar-refractivity contribution is 5.75. The number of carbonyl (C=O) groups is 1. The van der Waals surface area contributed by atoms with Crippen molar-refractivity contribution < 1.29 is 9.90 Å². The maximum absolute atomic E-state index is 11.6. The summed E-state index contributed by atoms with van der Waals surface area (Å²) in [4.78, 5) is 16.0. The van der Waals surface area contributed by atoms with Gasteiger partial charge in [0.05, 0.1) is 0 Å². The highest BCUT2D eigenvalue weighted by Crippen LogP contribution is 2.23. The van der Waals surface area contributed by atoms with Crippen molar-refractivity contribution in [1.29, 1.82) is 0 Å². The molecule has 1 heterocycles. The molecule has 2 rings (SSSR count). The van der Waals surface area contributed by atoms with E-state index in [9.17, 15) is 9.90 Å². The van der Waals surface area contributed by atoms with E-state index in [1.54, 1.807) is 0 Å². The van der Waals surface area contributed by atoms with Crippen molar-refractivity contribution in [2.45, 2.75) is 31.8 Å². The molecule has 1 aromatic rings. The van der Waals surface area contributed by atoms with Crippen LogP contribution in [0.15, 0.2) is 30.3 Å². The fraction of sp³-hybridized carbons (Fsp3) is 0.562. The Morgan fingerprint density at radius 2 is 2.15 bits per heavy atom. The van der Waals surface area contributed by atoms with Crippen LogP contribution < -0.4 is 0 Å². The van der Waals surface area contributed by atoms with Crippen molar-refractivity contribution in [1.82, 2.24) is 9.80 Å². The van der Waals surface area contributed by atoms with Gasteiger partial charge in [0.25, 0.3) is 0 Å². The number of hydrogen-bond acceptors (Lipinski definition) is 3. The minimum atomic E-state index is -0.778. The molecule has 1 aromatic carbocycles. The largest absolute Gasteiger partial charge is 0.480 e.